The second-order valence-electron chi connectivity index (χ2n) is 19.1. The first-order chi connectivity index (χ1) is 37.6. The van der Waals surface area contributed by atoms with E-state index in [1.54, 1.807) is 27.7 Å². The molecule has 2 aromatic heterocycles. The van der Waals surface area contributed by atoms with Crippen LogP contribution in [0.3, 0.4) is 0 Å². The first-order valence-corrected chi connectivity index (χ1v) is 34.4. The van der Waals surface area contributed by atoms with Crippen molar-refractivity contribution in [2.45, 2.75) is 308 Å². The summed E-state index contributed by atoms with van der Waals surface area (Å²) in [6.45, 7) is 15.2. The van der Waals surface area contributed by atoms with Crippen LogP contribution >= 0.6 is 22.7 Å². The van der Waals surface area contributed by atoms with Crippen molar-refractivity contribution in [1.29, 1.82) is 0 Å². The van der Waals surface area contributed by atoms with E-state index in [0.29, 0.717) is 16.4 Å². The molecule has 0 fully saturated rings. The number of nitrogens with zero attached hydrogens (tertiary/aromatic N) is 5. The summed E-state index contributed by atoms with van der Waals surface area (Å²) < 4.78 is 38.7. The molecule has 0 saturated carbocycles. The molecule has 6 N–H and O–H groups in total. The minimum atomic E-state index is -3.80. The summed E-state index contributed by atoms with van der Waals surface area (Å²) in [5.74, 6) is -0.0714. The van der Waals surface area contributed by atoms with Crippen LogP contribution in [0.2, 0.25) is 0 Å². The van der Waals surface area contributed by atoms with E-state index in [9.17, 15) is 27.0 Å². The van der Waals surface area contributed by atoms with Gasteiger partial charge in [-0.05, 0) is 60.8 Å². The summed E-state index contributed by atoms with van der Waals surface area (Å²) in [4.78, 5) is 31.9. The predicted octanol–water partition coefficient (Wildman–Crippen LogP) is 14.3. The average molecular weight is 1230 g/mol. The molecule has 2 aromatic rings. The van der Waals surface area contributed by atoms with Crippen LogP contribution in [0.4, 0.5) is 0 Å². The smallest absolute Gasteiger partial charge is 0.311 e. The Labute approximate surface area is 507 Å². The number of aliphatic hydroxyl groups excluding tert-OH is 4. The molecule has 0 aliphatic heterocycles. The van der Waals surface area contributed by atoms with Crippen LogP contribution < -0.4 is 5.14 Å². The number of Topliss-reactive ketones (excluding diaryl/α,β-unsaturated/α-hetero) is 2. The number of ketones is 2. The van der Waals surface area contributed by atoms with Gasteiger partial charge in [0, 0.05) is 60.8 Å². The van der Waals surface area contributed by atoms with Gasteiger partial charge in [0.05, 0.1) is 12.8 Å². The minimum Gasteiger partial charge on any atom is -0.397 e. The van der Waals surface area contributed by atoms with Gasteiger partial charge in [-0.3, -0.25) is 9.59 Å². The Bertz CT molecular complexity index is 1700. The van der Waals surface area contributed by atoms with Crippen LogP contribution in [0.1, 0.15) is 297 Å². The maximum Gasteiger partial charge on any atom is 0.311 e. The molecule has 0 bridgehead atoms. The Hall–Kier alpha value is -1.59. The van der Waals surface area contributed by atoms with E-state index in [-0.39, 0.29) is 81.2 Å². The molecule has 0 amide bonds. The van der Waals surface area contributed by atoms with E-state index in [0.717, 1.165) is 54.6 Å². The van der Waals surface area contributed by atoms with E-state index in [1.165, 1.54) is 219 Å². The molecule has 2 heterocycles. The summed E-state index contributed by atoms with van der Waals surface area (Å²) in [7, 11) is -5.38. The molecule has 0 saturated heterocycles. The number of aliphatic hydroxyl groups is 4. The van der Waals surface area contributed by atoms with Crippen molar-refractivity contribution in [3.8, 4) is 0 Å². The van der Waals surface area contributed by atoms with Crippen molar-refractivity contribution in [3.63, 3.8) is 0 Å². The second-order valence-corrected chi connectivity index (χ2v) is 24.2. The number of carbonyl (C=O) groups is 3. The third-order valence-electron chi connectivity index (χ3n) is 11.2. The number of aromatic nitrogens is 4. The first-order valence-electron chi connectivity index (χ1n) is 30.1. The van der Waals surface area contributed by atoms with Crippen molar-refractivity contribution < 1.29 is 69.2 Å². The van der Waals surface area contributed by atoms with Crippen LogP contribution in [-0.4, -0.2) is 104 Å². The van der Waals surface area contributed by atoms with Gasteiger partial charge in [-0.2, -0.15) is 12.8 Å². The largest absolute Gasteiger partial charge is 0.397 e. The van der Waals surface area contributed by atoms with Crippen molar-refractivity contribution >= 4 is 67.7 Å². The standard InChI is InChI=1S/C25H45N3O3S2.C20H40O.C5H7N3O2S2.4C2H6O.Ti/c1-3-4-5-6-7-8-9-10-11-12-13-14-15-16-17-18-19-20-21-26-33(30,31)25-28-27-24(32-25)22-23(2)29;1-2-3-4-5-6-7-8-9-10-11-12-13-14-15-16-17-18-19-20-21;1-3(9)2-4-7-8-5(11-4)12(6)10;4*1-2-3;/h21H,3-20,22H2,1-2H3;20H,2-19H2,1H3;2,6H2,1H3;4*3H,2H2,1H3;. The second kappa shape index (κ2) is 74.4. The zero-order chi connectivity index (χ0) is 59.6. The Balaban J connectivity index is -0.000000246. The molecule has 1 atom stereocenters. The fourth-order valence-electron chi connectivity index (χ4n) is 7.34. The van der Waals surface area contributed by atoms with Gasteiger partial charge in [0.15, 0.2) is 11.0 Å². The number of unbranched alkanes of at least 4 members (excludes halogenated alkanes) is 34. The summed E-state index contributed by atoms with van der Waals surface area (Å²) in [6, 6.07) is 0. The molecule has 16 nitrogen and oxygen atoms in total. The number of nitrogens with two attached hydrogens (primary N) is 1. The fraction of sp³-hybridized carbons (Fsp3) is 0.862. The number of sulfonamides is 1. The van der Waals surface area contributed by atoms with E-state index < -0.39 is 21.0 Å². The third kappa shape index (κ3) is 76.4. The molecule has 466 valence electrons. The van der Waals surface area contributed by atoms with Gasteiger partial charge in [-0.25, -0.2) is 9.35 Å². The summed E-state index contributed by atoms with van der Waals surface area (Å²) in [5.41, 5.74) is 0. The average Bonchev–Trinajstić information content (AvgIpc) is 4.07. The molecular formula is C58H116N6O10S4Ti. The van der Waals surface area contributed by atoms with E-state index in [1.807, 2.05) is 0 Å². The van der Waals surface area contributed by atoms with E-state index in [4.69, 9.17) is 25.6 Å². The number of hydrogen-bond acceptors (Lipinski definition) is 16. The zero-order valence-electron chi connectivity index (χ0n) is 51.0. The molecule has 0 radical (unpaired) electrons. The van der Waals surface area contributed by atoms with Gasteiger partial charge in [0.2, 0.25) is 4.34 Å². The maximum absolute atomic E-state index is 12.1. The molecule has 0 aliphatic carbocycles. The number of carbonyl (C=O) groups excluding carboxylic acids is 3. The Morgan fingerprint density at radius 1 is 0.481 bits per heavy atom. The van der Waals surface area contributed by atoms with E-state index in [2.05, 4.69) is 38.6 Å². The Kier molecular flexibility index (Phi) is 83.5. The minimum absolute atomic E-state index is 0. The van der Waals surface area contributed by atoms with Gasteiger partial charge in [-0.15, -0.1) is 20.4 Å². The quantitative estimate of drug-likeness (QED) is 0.0179. The van der Waals surface area contributed by atoms with Crippen LogP contribution in [0.25, 0.3) is 0 Å². The van der Waals surface area contributed by atoms with Gasteiger partial charge in [-0.1, -0.05) is 242 Å². The van der Waals surface area contributed by atoms with Gasteiger partial charge >= 0.3 is 10.0 Å². The number of rotatable bonds is 43. The molecule has 2 rings (SSSR count). The third-order valence-corrected chi connectivity index (χ3v) is 15.6. The van der Waals surface area contributed by atoms with Crippen molar-refractivity contribution in [1.82, 2.24) is 20.4 Å². The van der Waals surface area contributed by atoms with Crippen LogP contribution in [-0.2, 0) is 70.0 Å². The van der Waals surface area contributed by atoms with Gasteiger partial charge in [0.1, 0.15) is 27.9 Å². The molecule has 0 aromatic carbocycles. The Morgan fingerprint density at radius 3 is 1.01 bits per heavy atom. The monoisotopic (exact) mass is 1230 g/mol. The first kappa shape index (κ1) is 88.6. The zero-order valence-corrected chi connectivity index (χ0v) is 55.9. The summed E-state index contributed by atoms with van der Waals surface area (Å²) >= 11 is 2.02. The summed E-state index contributed by atoms with van der Waals surface area (Å²) in [6.07, 6.45) is 50.5. The van der Waals surface area contributed by atoms with E-state index >= 15 is 0 Å². The van der Waals surface area contributed by atoms with Crippen molar-refractivity contribution in [2.24, 2.45) is 9.54 Å². The SMILES string of the molecule is CC(=O)Cc1nnc(S(N)=O)s1.CCCCCCCCCCCCCCCCCCCC=NS(=O)(=O)c1nnc(CC(C)=O)s1.CCCCCCCCCCCCCCCCCCCC=O.CCO.CCO.CCO.CCO.[Ti]. The van der Waals surface area contributed by atoms with Crippen LogP contribution in [0, 0.1) is 0 Å². The molecule has 21 heteroatoms. The van der Waals surface area contributed by atoms with Gasteiger partial charge < -0.3 is 25.2 Å². The van der Waals surface area contributed by atoms with Crippen LogP contribution in [0.15, 0.2) is 13.1 Å². The number of hydrogen-bond donors (Lipinski definition) is 5. The number of aldehydes is 1. The molecule has 0 spiro atoms. The summed E-state index contributed by atoms with van der Waals surface area (Å²) in [5, 5.41) is 50.9. The van der Waals surface area contributed by atoms with Crippen LogP contribution in [0.5, 0.6) is 0 Å². The maximum atomic E-state index is 12.1. The molecule has 79 heavy (non-hydrogen) atoms. The molecule has 1 unspecified atom stereocenters. The predicted molar refractivity (Wildman–Crippen MR) is 330 cm³/mol. The normalized spacial score (nSPS) is 10.8. The van der Waals surface area contributed by atoms with Crippen molar-refractivity contribution in [2.75, 3.05) is 26.4 Å². The fourth-order valence-corrected chi connectivity index (χ4v) is 10.7. The van der Waals surface area contributed by atoms with Gasteiger partial charge in [0.25, 0.3) is 4.34 Å². The molecule has 0 aliphatic rings. The Morgan fingerprint density at radius 2 is 0.747 bits per heavy atom. The van der Waals surface area contributed by atoms with Crippen molar-refractivity contribution in [3.05, 3.63) is 10.0 Å². The topological polar surface area (TPSA) is 273 Å². The molecular weight excluding hydrogens is 1120 g/mol.